The van der Waals surface area contributed by atoms with Crippen LogP contribution in [0.2, 0.25) is 0 Å². The maximum absolute atomic E-state index is 14.0. The van der Waals surface area contributed by atoms with Crippen LogP contribution in [0, 0.1) is 11.6 Å². The van der Waals surface area contributed by atoms with E-state index < -0.39 is 11.6 Å². The average molecular weight is 341 g/mol. The molecule has 1 aromatic heterocycles. The summed E-state index contributed by atoms with van der Waals surface area (Å²) in [5, 5.41) is 3.41. The van der Waals surface area contributed by atoms with Crippen molar-refractivity contribution in [2.75, 3.05) is 0 Å². The van der Waals surface area contributed by atoms with E-state index in [9.17, 15) is 8.78 Å². The Morgan fingerprint density at radius 1 is 1.25 bits per heavy atom. The number of halogens is 3. The zero-order chi connectivity index (χ0) is 14.1. The molecular weight excluding hydrogens is 326 g/mol. The van der Waals surface area contributed by atoms with Crippen LogP contribution >= 0.6 is 15.9 Å². The zero-order valence-corrected chi connectivity index (χ0v) is 12.5. The largest absolute Gasteiger partial charge is 0.346 e. The smallest absolute Gasteiger partial charge is 0.145 e. The number of aromatic nitrogens is 1. The molecule has 20 heavy (non-hydrogen) atoms. The van der Waals surface area contributed by atoms with Crippen molar-refractivity contribution in [3.05, 3.63) is 57.8 Å². The van der Waals surface area contributed by atoms with Gasteiger partial charge in [-0.1, -0.05) is 0 Å². The predicted octanol–water partition coefficient (Wildman–Crippen LogP) is 3.83. The summed E-state index contributed by atoms with van der Waals surface area (Å²) in [6, 6.07) is 7.16. The molecule has 0 atom stereocenters. The van der Waals surface area contributed by atoms with E-state index in [4.69, 9.17) is 0 Å². The third-order valence-corrected chi connectivity index (χ3v) is 4.15. The summed E-state index contributed by atoms with van der Waals surface area (Å²) in [6.45, 7) is 0.931. The van der Waals surface area contributed by atoms with Gasteiger partial charge in [0.15, 0.2) is 0 Å². The molecule has 0 spiro atoms. The highest BCUT2D eigenvalue weighted by molar-refractivity contribution is 9.10. The third-order valence-electron chi connectivity index (χ3n) is 3.54. The molecule has 1 aromatic carbocycles. The SMILES string of the molecule is Fc1ccc(Br)c(F)c1Cn1cccc1CNC1CC1. The average Bonchev–Trinajstić information content (AvgIpc) is 3.16. The van der Waals surface area contributed by atoms with Gasteiger partial charge in [-0.25, -0.2) is 8.78 Å². The Kier molecular flexibility index (Phi) is 3.89. The predicted molar refractivity (Wildman–Crippen MR) is 77.5 cm³/mol. The molecule has 0 radical (unpaired) electrons. The van der Waals surface area contributed by atoms with Crippen LogP contribution in [0.5, 0.6) is 0 Å². The molecule has 2 aromatic rings. The van der Waals surface area contributed by atoms with E-state index in [1.807, 2.05) is 22.9 Å². The van der Waals surface area contributed by atoms with Gasteiger partial charge in [0.1, 0.15) is 11.6 Å². The van der Waals surface area contributed by atoms with Gasteiger partial charge >= 0.3 is 0 Å². The molecule has 0 saturated heterocycles. The van der Waals surface area contributed by atoms with Crippen molar-refractivity contribution >= 4 is 15.9 Å². The summed E-state index contributed by atoms with van der Waals surface area (Å²) in [6.07, 6.45) is 4.29. The summed E-state index contributed by atoms with van der Waals surface area (Å²) < 4.78 is 30.0. The van der Waals surface area contributed by atoms with Crippen LogP contribution < -0.4 is 5.32 Å². The molecular formula is C15H15BrF2N2. The second kappa shape index (κ2) is 5.66. The fraction of sp³-hybridized carbons (Fsp3) is 0.333. The molecule has 2 nitrogen and oxygen atoms in total. The number of nitrogens with one attached hydrogen (secondary N) is 1. The normalized spacial score (nSPS) is 14.8. The molecule has 3 rings (SSSR count). The van der Waals surface area contributed by atoms with Gasteiger partial charge in [-0.2, -0.15) is 0 Å². The Hall–Kier alpha value is -1.20. The van der Waals surface area contributed by atoms with E-state index in [2.05, 4.69) is 21.2 Å². The molecule has 1 heterocycles. The Balaban J connectivity index is 1.80. The molecule has 1 aliphatic carbocycles. The summed E-state index contributed by atoms with van der Waals surface area (Å²) in [4.78, 5) is 0. The van der Waals surface area contributed by atoms with Crippen molar-refractivity contribution < 1.29 is 8.78 Å². The number of benzene rings is 1. The monoisotopic (exact) mass is 340 g/mol. The van der Waals surface area contributed by atoms with Gasteiger partial charge in [0.25, 0.3) is 0 Å². The van der Waals surface area contributed by atoms with Crippen molar-refractivity contribution in [3.63, 3.8) is 0 Å². The van der Waals surface area contributed by atoms with E-state index in [0.29, 0.717) is 10.5 Å². The molecule has 0 bridgehead atoms. The van der Waals surface area contributed by atoms with Gasteiger partial charge in [-0.05, 0) is 53.0 Å². The first-order valence-corrected chi connectivity index (χ1v) is 7.44. The second-order valence-electron chi connectivity index (χ2n) is 5.10. The number of nitrogens with zero attached hydrogens (tertiary/aromatic N) is 1. The summed E-state index contributed by atoms with van der Waals surface area (Å²) in [5.41, 5.74) is 1.12. The Morgan fingerprint density at radius 3 is 2.80 bits per heavy atom. The second-order valence-corrected chi connectivity index (χ2v) is 5.96. The topological polar surface area (TPSA) is 17.0 Å². The van der Waals surface area contributed by atoms with Crippen molar-refractivity contribution in [2.24, 2.45) is 0 Å². The molecule has 0 aliphatic heterocycles. The third kappa shape index (κ3) is 2.94. The molecule has 1 N–H and O–H groups in total. The first kappa shape index (κ1) is 13.8. The van der Waals surface area contributed by atoms with E-state index >= 15 is 0 Å². The van der Waals surface area contributed by atoms with Crippen LogP contribution in [-0.2, 0) is 13.1 Å². The van der Waals surface area contributed by atoms with Crippen molar-refractivity contribution in [2.45, 2.75) is 32.0 Å². The highest BCUT2D eigenvalue weighted by atomic mass is 79.9. The minimum Gasteiger partial charge on any atom is -0.346 e. The van der Waals surface area contributed by atoms with Crippen LogP contribution in [0.1, 0.15) is 24.1 Å². The standard InChI is InChI=1S/C15H15BrF2N2/c16-13-5-6-14(17)12(15(13)18)9-20-7-1-2-11(20)8-19-10-3-4-10/h1-2,5-7,10,19H,3-4,8-9H2. The fourth-order valence-electron chi connectivity index (χ4n) is 2.18. The van der Waals surface area contributed by atoms with Gasteiger partial charge in [0.2, 0.25) is 0 Å². The van der Waals surface area contributed by atoms with Crippen LogP contribution in [0.25, 0.3) is 0 Å². The Bertz CT molecular complexity index is 620. The minimum absolute atomic E-state index is 0.0863. The van der Waals surface area contributed by atoms with Crippen LogP contribution in [-0.4, -0.2) is 10.6 Å². The van der Waals surface area contributed by atoms with Crippen molar-refractivity contribution in [3.8, 4) is 0 Å². The molecule has 1 aliphatic rings. The summed E-state index contributed by atoms with van der Waals surface area (Å²) in [7, 11) is 0. The lowest BCUT2D eigenvalue weighted by atomic mass is 10.2. The fourth-order valence-corrected chi connectivity index (χ4v) is 2.56. The van der Waals surface area contributed by atoms with Crippen LogP contribution in [0.4, 0.5) is 8.78 Å². The lowest BCUT2D eigenvalue weighted by Crippen LogP contribution is -2.18. The first-order valence-electron chi connectivity index (χ1n) is 6.65. The highest BCUT2D eigenvalue weighted by Crippen LogP contribution is 2.23. The van der Waals surface area contributed by atoms with E-state index in [-0.39, 0.29) is 12.1 Å². The van der Waals surface area contributed by atoms with E-state index in [0.717, 1.165) is 12.2 Å². The van der Waals surface area contributed by atoms with Gasteiger partial charge in [0, 0.05) is 30.0 Å². The van der Waals surface area contributed by atoms with Gasteiger partial charge in [0.05, 0.1) is 11.0 Å². The Labute approximate surface area is 124 Å². The molecule has 106 valence electrons. The zero-order valence-electron chi connectivity index (χ0n) is 10.9. The van der Waals surface area contributed by atoms with Crippen molar-refractivity contribution in [1.82, 2.24) is 9.88 Å². The maximum Gasteiger partial charge on any atom is 0.145 e. The quantitative estimate of drug-likeness (QED) is 0.818. The van der Waals surface area contributed by atoms with Crippen LogP contribution in [0.3, 0.4) is 0 Å². The maximum atomic E-state index is 14.0. The first-order chi connectivity index (χ1) is 9.65. The minimum atomic E-state index is -0.528. The van der Waals surface area contributed by atoms with E-state index in [1.165, 1.54) is 25.0 Å². The van der Waals surface area contributed by atoms with Gasteiger partial charge < -0.3 is 9.88 Å². The lowest BCUT2D eigenvalue weighted by Gasteiger charge is -2.12. The molecule has 0 unspecified atom stereocenters. The van der Waals surface area contributed by atoms with E-state index in [1.54, 1.807) is 0 Å². The molecule has 1 saturated carbocycles. The van der Waals surface area contributed by atoms with Gasteiger partial charge in [-0.15, -0.1) is 0 Å². The molecule has 5 heteroatoms. The molecule has 0 amide bonds. The summed E-state index contributed by atoms with van der Waals surface area (Å²) >= 11 is 3.10. The highest BCUT2D eigenvalue weighted by Gasteiger charge is 2.20. The lowest BCUT2D eigenvalue weighted by molar-refractivity contribution is 0.534. The molecule has 1 fully saturated rings. The number of hydrogen-bond acceptors (Lipinski definition) is 1. The number of hydrogen-bond donors (Lipinski definition) is 1. The summed E-state index contributed by atoms with van der Waals surface area (Å²) in [5.74, 6) is -1.04. The van der Waals surface area contributed by atoms with Gasteiger partial charge in [-0.3, -0.25) is 0 Å². The number of rotatable bonds is 5. The van der Waals surface area contributed by atoms with Crippen molar-refractivity contribution in [1.29, 1.82) is 0 Å². The Morgan fingerprint density at radius 2 is 2.05 bits per heavy atom. The van der Waals surface area contributed by atoms with Crippen LogP contribution in [0.15, 0.2) is 34.9 Å².